The molecule has 6 aliphatic rings. The Morgan fingerprint density at radius 2 is 1.63 bits per heavy atom. The number of ether oxygens (including phenoxy) is 1. The van der Waals surface area contributed by atoms with Crippen LogP contribution in [0.5, 0.6) is 11.8 Å². The molecule has 5 fully saturated rings. The first-order valence-electron chi connectivity index (χ1n) is 25.5. The number of β-amino-alcohol motifs (C(OH)–C–C–N with tert-alkyl or cyclic N) is 1. The minimum absolute atomic E-state index is 0.00810. The second-order valence-corrected chi connectivity index (χ2v) is 21.9. The molecular formula is C54H63F2N9O6. The van der Waals surface area contributed by atoms with Gasteiger partial charge in [0.1, 0.15) is 34.6 Å². The summed E-state index contributed by atoms with van der Waals surface area (Å²) in [6, 6.07) is 11.3. The van der Waals surface area contributed by atoms with Crippen LogP contribution >= 0.6 is 0 Å². The van der Waals surface area contributed by atoms with E-state index in [1.807, 2.05) is 24.0 Å². The van der Waals surface area contributed by atoms with Crippen LogP contribution in [-0.4, -0.2) is 141 Å². The molecule has 1 saturated carbocycles. The van der Waals surface area contributed by atoms with Crippen molar-refractivity contribution in [2.75, 3.05) is 81.9 Å². The average Bonchev–Trinajstić information content (AvgIpc) is 4.04. The number of aromatic hydroxyl groups is 1. The maximum atomic E-state index is 17.2. The molecule has 3 aromatic carbocycles. The van der Waals surface area contributed by atoms with E-state index in [2.05, 4.69) is 38.0 Å². The molecule has 17 heteroatoms. The number of halogens is 2. The lowest BCUT2D eigenvalue weighted by Crippen LogP contribution is -2.52. The second-order valence-electron chi connectivity index (χ2n) is 21.9. The SMILES string of the molecule is CCc1c(F)ccc2cc(O)cc(-c3ncc4c(N5CCC[C@@](C)(O)C5)nc(OCC5(CN6CCC(C)(CN7CCN(c8ccc9c(c8)CN([C@@H]8CCC(=O)NC8=O)C9=O)CC7)CC6)CC5)nc4c3F)c12. The van der Waals surface area contributed by atoms with E-state index in [9.17, 15) is 24.6 Å². The first-order valence-corrected chi connectivity index (χ1v) is 25.5. The fourth-order valence-electron chi connectivity index (χ4n) is 12.0. The Morgan fingerprint density at radius 3 is 2.37 bits per heavy atom. The zero-order valence-corrected chi connectivity index (χ0v) is 40.9. The van der Waals surface area contributed by atoms with Crippen LogP contribution in [0.3, 0.4) is 0 Å². The molecule has 11 rings (SSSR count). The van der Waals surface area contributed by atoms with Gasteiger partial charge in [0.15, 0.2) is 5.82 Å². The molecule has 3 amide bonds. The van der Waals surface area contributed by atoms with Gasteiger partial charge in [-0.15, -0.1) is 0 Å². The third kappa shape index (κ3) is 9.25. The van der Waals surface area contributed by atoms with E-state index in [4.69, 9.17) is 14.7 Å². The summed E-state index contributed by atoms with van der Waals surface area (Å²) < 4.78 is 38.8. The Kier molecular flexibility index (Phi) is 12.1. The number of nitrogens with zero attached hydrogens (tertiary/aromatic N) is 8. The van der Waals surface area contributed by atoms with Gasteiger partial charge in [0.05, 0.1) is 17.6 Å². The van der Waals surface area contributed by atoms with E-state index in [0.29, 0.717) is 78.6 Å². The molecular weight excluding hydrogens is 909 g/mol. The number of phenols is 1. The molecule has 0 bridgehead atoms. The highest BCUT2D eigenvalue weighted by atomic mass is 19.1. The van der Waals surface area contributed by atoms with Gasteiger partial charge in [-0.3, -0.25) is 29.6 Å². The number of carbonyl (C=O) groups is 3. The maximum Gasteiger partial charge on any atom is 0.319 e. The van der Waals surface area contributed by atoms with Crippen molar-refractivity contribution in [2.24, 2.45) is 10.8 Å². The molecule has 1 aliphatic carbocycles. The standard InChI is InChI=1S/C54H63F2N9O6/c1-4-37-41(55)9-6-33-25-36(66)26-39(44(33)37)46-45(56)47-40(27-57-46)48(64-17-5-12-53(3,70)30-64)60-51(59-47)71-32-54(13-14-54)31-61-18-15-52(2,16-19-61)29-62-20-22-63(23-21-62)35-7-8-38-34(24-35)28-65(50(38)69)42-10-11-43(67)58-49(42)68/h6-9,24-27,42,66,70H,4-5,10-23,28-32H2,1-3H3,(H,58,67,68)/t42-,53-/m1/s1. The Balaban J connectivity index is 0.733. The van der Waals surface area contributed by atoms with Gasteiger partial charge in [0, 0.05) is 93.7 Å². The number of carbonyl (C=O) groups excluding carboxylic acids is 3. The third-order valence-electron chi connectivity index (χ3n) is 16.3. The van der Waals surface area contributed by atoms with Crippen LogP contribution in [0.1, 0.15) is 93.6 Å². The lowest BCUT2D eigenvalue weighted by atomic mass is 9.79. The van der Waals surface area contributed by atoms with Crippen molar-refractivity contribution in [3.63, 3.8) is 0 Å². The van der Waals surface area contributed by atoms with Crippen molar-refractivity contribution in [1.29, 1.82) is 0 Å². The van der Waals surface area contributed by atoms with E-state index in [-0.39, 0.29) is 57.6 Å². The number of piperazine rings is 1. The fraction of sp³-hybridized carbons (Fsp3) is 0.519. The highest BCUT2D eigenvalue weighted by Gasteiger charge is 2.47. The molecule has 0 radical (unpaired) electrons. The Morgan fingerprint density at radius 1 is 0.859 bits per heavy atom. The topological polar surface area (TPSA) is 168 Å². The number of pyridine rings is 1. The molecule has 4 saturated heterocycles. The summed E-state index contributed by atoms with van der Waals surface area (Å²) in [4.78, 5) is 62.8. The number of hydrogen-bond donors (Lipinski definition) is 3. The van der Waals surface area contributed by atoms with Crippen LogP contribution in [0.2, 0.25) is 0 Å². The van der Waals surface area contributed by atoms with Crippen molar-refractivity contribution in [2.45, 2.75) is 96.7 Å². The summed E-state index contributed by atoms with van der Waals surface area (Å²) in [7, 11) is 0. The average molecular weight is 972 g/mol. The van der Waals surface area contributed by atoms with Crippen molar-refractivity contribution >= 4 is 50.9 Å². The predicted molar refractivity (Wildman–Crippen MR) is 265 cm³/mol. The van der Waals surface area contributed by atoms with Crippen molar-refractivity contribution in [1.82, 2.24) is 35.0 Å². The number of imide groups is 1. The van der Waals surface area contributed by atoms with Gasteiger partial charge in [0.25, 0.3) is 5.91 Å². The van der Waals surface area contributed by atoms with E-state index in [1.165, 1.54) is 24.4 Å². The number of fused-ring (bicyclic) bond motifs is 3. The van der Waals surface area contributed by atoms with Gasteiger partial charge < -0.3 is 34.5 Å². The molecule has 3 N–H and O–H groups in total. The van der Waals surface area contributed by atoms with Crippen molar-refractivity contribution < 1.29 is 38.1 Å². The number of piperidine rings is 3. The van der Waals surface area contributed by atoms with Crippen LogP contribution in [0.15, 0.2) is 48.7 Å². The quantitative estimate of drug-likeness (QED) is 0.115. The van der Waals surface area contributed by atoms with Gasteiger partial charge in [-0.25, -0.2) is 8.78 Å². The molecule has 5 aliphatic heterocycles. The summed E-state index contributed by atoms with van der Waals surface area (Å²) in [6.45, 7) is 15.2. The smallest absolute Gasteiger partial charge is 0.319 e. The van der Waals surface area contributed by atoms with Crippen LogP contribution in [0.4, 0.5) is 20.3 Å². The second kappa shape index (κ2) is 18.2. The Hall–Kier alpha value is -6.04. The first kappa shape index (κ1) is 47.3. The molecule has 2 atom stereocenters. The summed E-state index contributed by atoms with van der Waals surface area (Å²) in [5, 5.41) is 25.7. The van der Waals surface area contributed by atoms with Crippen LogP contribution in [0.25, 0.3) is 32.9 Å². The van der Waals surface area contributed by atoms with Gasteiger partial charge >= 0.3 is 6.01 Å². The van der Waals surface area contributed by atoms with Crippen molar-refractivity contribution in [3.05, 3.63) is 77.0 Å². The Bertz CT molecular complexity index is 2950. The van der Waals surface area contributed by atoms with Gasteiger partial charge in [-0.2, -0.15) is 9.97 Å². The van der Waals surface area contributed by atoms with Crippen molar-refractivity contribution in [3.8, 4) is 23.0 Å². The van der Waals surface area contributed by atoms with Crippen LogP contribution < -0.4 is 19.9 Å². The summed E-state index contributed by atoms with van der Waals surface area (Å²) in [5.74, 6) is -1.63. The predicted octanol–water partition coefficient (Wildman–Crippen LogP) is 6.59. The number of rotatable bonds is 12. The molecule has 7 heterocycles. The molecule has 0 unspecified atom stereocenters. The lowest BCUT2D eigenvalue weighted by Gasteiger charge is -2.45. The van der Waals surface area contributed by atoms with Gasteiger partial charge in [-0.05, 0) is 135 Å². The third-order valence-corrected chi connectivity index (χ3v) is 16.3. The van der Waals surface area contributed by atoms with Crippen LogP contribution in [-0.2, 0) is 22.6 Å². The highest BCUT2D eigenvalue weighted by Crippen LogP contribution is 2.48. The summed E-state index contributed by atoms with van der Waals surface area (Å²) in [6.07, 6.45) is 7.99. The number of phenolic OH excluding ortho intramolecular Hbond substituents is 1. The normalized spacial score (nSPS) is 23.7. The summed E-state index contributed by atoms with van der Waals surface area (Å²) >= 11 is 0. The fourth-order valence-corrected chi connectivity index (χ4v) is 12.0. The molecule has 2 aromatic heterocycles. The van der Waals surface area contributed by atoms with E-state index >= 15 is 8.78 Å². The van der Waals surface area contributed by atoms with Gasteiger partial charge in [-0.1, -0.05) is 19.9 Å². The molecule has 0 spiro atoms. The maximum absolute atomic E-state index is 17.2. The molecule has 374 valence electrons. The number of nitrogens with one attached hydrogen (secondary N) is 1. The van der Waals surface area contributed by atoms with Crippen LogP contribution in [0, 0.1) is 22.5 Å². The number of likely N-dealkylation sites (tertiary alicyclic amines) is 1. The zero-order chi connectivity index (χ0) is 49.4. The van der Waals surface area contributed by atoms with E-state index < -0.39 is 29.2 Å². The Labute approximate surface area is 412 Å². The van der Waals surface area contributed by atoms with E-state index in [1.54, 1.807) is 17.9 Å². The first-order chi connectivity index (χ1) is 34.1. The number of aromatic nitrogens is 3. The monoisotopic (exact) mass is 971 g/mol. The lowest BCUT2D eigenvalue weighted by molar-refractivity contribution is -0.136. The number of aryl methyl sites for hydroxylation is 1. The minimum Gasteiger partial charge on any atom is -0.508 e. The molecule has 71 heavy (non-hydrogen) atoms. The van der Waals surface area contributed by atoms with E-state index in [0.717, 1.165) is 95.7 Å². The largest absolute Gasteiger partial charge is 0.508 e. The van der Waals surface area contributed by atoms with Gasteiger partial charge in [0.2, 0.25) is 11.8 Å². The summed E-state index contributed by atoms with van der Waals surface area (Å²) in [5.41, 5.74) is 2.40. The molecule has 15 nitrogen and oxygen atoms in total. The number of anilines is 2. The number of amides is 3. The molecule has 5 aromatic rings. The number of aliphatic hydroxyl groups is 1. The highest BCUT2D eigenvalue weighted by molar-refractivity contribution is 6.06. The number of hydrogen-bond acceptors (Lipinski definition) is 13. The zero-order valence-electron chi connectivity index (χ0n) is 40.9. The number of benzene rings is 3. The minimum atomic E-state index is -0.970.